The number of hydrogen-bond donors (Lipinski definition) is 1. The number of hydrogen-bond acceptors (Lipinski definition) is 3. The van der Waals surface area contributed by atoms with Crippen LogP contribution in [-0.2, 0) is 6.54 Å². The van der Waals surface area contributed by atoms with Crippen LogP contribution in [-0.4, -0.2) is 15.5 Å². The van der Waals surface area contributed by atoms with Crippen molar-refractivity contribution in [2.24, 2.45) is 0 Å². The molecule has 144 valence electrons. The zero-order chi connectivity index (χ0) is 20.4. The van der Waals surface area contributed by atoms with Gasteiger partial charge in [-0.25, -0.2) is 4.98 Å². The van der Waals surface area contributed by atoms with Gasteiger partial charge in [0.2, 0.25) is 0 Å². The number of benzene rings is 2. The van der Waals surface area contributed by atoms with E-state index in [4.69, 9.17) is 16.6 Å². The minimum atomic E-state index is -0.264. The van der Waals surface area contributed by atoms with Crippen molar-refractivity contribution in [3.63, 3.8) is 0 Å². The van der Waals surface area contributed by atoms with Gasteiger partial charge in [-0.1, -0.05) is 41.9 Å². The molecule has 1 N–H and O–H groups in total. The second kappa shape index (κ2) is 7.89. The summed E-state index contributed by atoms with van der Waals surface area (Å²) >= 11 is 5.99. The molecule has 0 aliphatic heterocycles. The number of nitrogens with zero attached hydrogens (tertiary/aromatic N) is 2. The van der Waals surface area contributed by atoms with E-state index >= 15 is 0 Å². The first-order chi connectivity index (χ1) is 14.0. The Morgan fingerprint density at radius 1 is 1.07 bits per heavy atom. The van der Waals surface area contributed by atoms with Crippen LogP contribution in [0.5, 0.6) is 0 Å². The Morgan fingerprint density at radius 3 is 2.59 bits per heavy atom. The molecule has 0 fully saturated rings. The highest BCUT2D eigenvalue weighted by molar-refractivity contribution is 6.30. The Morgan fingerprint density at radius 2 is 1.83 bits per heavy atom. The summed E-state index contributed by atoms with van der Waals surface area (Å²) in [4.78, 5) is 29.6. The number of rotatable bonds is 4. The van der Waals surface area contributed by atoms with Gasteiger partial charge in [-0.05, 0) is 37.3 Å². The third kappa shape index (κ3) is 3.91. The number of fused-ring (bicyclic) bond motifs is 1. The largest absolute Gasteiger partial charge is 0.321 e. The van der Waals surface area contributed by atoms with E-state index in [0.29, 0.717) is 28.5 Å². The maximum Gasteiger partial charge on any atom is 0.256 e. The molecular formula is C23H18ClN3O2. The first kappa shape index (κ1) is 18.9. The van der Waals surface area contributed by atoms with E-state index in [-0.39, 0.29) is 11.5 Å². The highest BCUT2D eigenvalue weighted by Crippen LogP contribution is 2.26. The molecule has 0 aliphatic carbocycles. The van der Waals surface area contributed by atoms with Gasteiger partial charge in [0.05, 0.1) is 22.5 Å². The molecule has 29 heavy (non-hydrogen) atoms. The quantitative estimate of drug-likeness (QED) is 0.522. The van der Waals surface area contributed by atoms with Gasteiger partial charge < -0.3 is 9.88 Å². The number of carbonyl (C=O) groups excluding carboxylic acids is 1. The van der Waals surface area contributed by atoms with E-state index in [1.54, 1.807) is 35.0 Å². The maximum atomic E-state index is 13.1. The lowest BCUT2D eigenvalue weighted by Crippen LogP contribution is -2.20. The van der Waals surface area contributed by atoms with Crippen molar-refractivity contribution in [3.05, 3.63) is 93.9 Å². The molecule has 0 saturated carbocycles. The summed E-state index contributed by atoms with van der Waals surface area (Å²) in [6.07, 6.45) is 1.64. The number of anilines is 1. The number of amides is 1. The van der Waals surface area contributed by atoms with Crippen LogP contribution in [0.15, 0.2) is 77.7 Å². The summed E-state index contributed by atoms with van der Waals surface area (Å²) in [6.45, 7) is 2.41. The lowest BCUT2D eigenvalue weighted by atomic mass is 10.0. The molecule has 6 heteroatoms. The van der Waals surface area contributed by atoms with Crippen LogP contribution < -0.4 is 10.9 Å². The topological polar surface area (TPSA) is 64.0 Å². The van der Waals surface area contributed by atoms with E-state index in [0.717, 1.165) is 16.5 Å². The smallest absolute Gasteiger partial charge is 0.256 e. The summed E-state index contributed by atoms with van der Waals surface area (Å²) in [6, 6.07) is 19.7. The Labute approximate surface area is 172 Å². The first-order valence-corrected chi connectivity index (χ1v) is 9.60. The van der Waals surface area contributed by atoms with Crippen LogP contribution in [0.25, 0.3) is 22.2 Å². The molecule has 5 nitrogen and oxygen atoms in total. The second-order valence-electron chi connectivity index (χ2n) is 6.58. The van der Waals surface area contributed by atoms with Gasteiger partial charge in [-0.2, -0.15) is 0 Å². The SMILES string of the molecule is CCn1cc(NC(=O)c2cc(-c3ccc(Cl)cc3)nc3ccccc23)ccc1=O. The summed E-state index contributed by atoms with van der Waals surface area (Å²) in [5, 5.41) is 4.29. The molecule has 0 radical (unpaired) electrons. The summed E-state index contributed by atoms with van der Waals surface area (Å²) in [5.41, 5.74) is 3.24. The second-order valence-corrected chi connectivity index (χ2v) is 7.01. The van der Waals surface area contributed by atoms with Crippen molar-refractivity contribution in [1.29, 1.82) is 0 Å². The average molecular weight is 404 g/mol. The summed E-state index contributed by atoms with van der Waals surface area (Å²) in [7, 11) is 0. The van der Waals surface area contributed by atoms with Gasteiger partial charge in [0.25, 0.3) is 11.5 Å². The zero-order valence-corrected chi connectivity index (χ0v) is 16.5. The lowest BCUT2D eigenvalue weighted by molar-refractivity contribution is 0.102. The first-order valence-electron chi connectivity index (χ1n) is 9.23. The van der Waals surface area contributed by atoms with Crippen molar-refractivity contribution in [3.8, 4) is 11.3 Å². The normalized spacial score (nSPS) is 10.8. The Hall–Kier alpha value is -3.44. The van der Waals surface area contributed by atoms with E-state index in [1.165, 1.54) is 6.07 Å². The van der Waals surface area contributed by atoms with Crippen molar-refractivity contribution >= 4 is 34.1 Å². The van der Waals surface area contributed by atoms with Gasteiger partial charge in [-0.15, -0.1) is 0 Å². The standard InChI is InChI=1S/C23H18ClN3O2/c1-2-27-14-17(11-12-22(27)28)25-23(29)19-13-21(15-7-9-16(24)10-8-15)26-20-6-4-3-5-18(19)20/h3-14H,2H2,1H3,(H,25,29). The number of carbonyl (C=O) groups is 1. The maximum absolute atomic E-state index is 13.1. The van der Waals surface area contributed by atoms with Crippen molar-refractivity contribution in [2.75, 3.05) is 5.32 Å². The van der Waals surface area contributed by atoms with Crippen LogP contribution in [0, 0.1) is 0 Å². The highest BCUT2D eigenvalue weighted by Gasteiger charge is 2.14. The van der Waals surface area contributed by atoms with Crippen LogP contribution in [0.2, 0.25) is 5.02 Å². The fourth-order valence-electron chi connectivity index (χ4n) is 3.18. The highest BCUT2D eigenvalue weighted by atomic mass is 35.5. The molecule has 1 amide bonds. The molecule has 0 bridgehead atoms. The average Bonchev–Trinajstić information content (AvgIpc) is 2.74. The van der Waals surface area contributed by atoms with Crippen LogP contribution in [0.3, 0.4) is 0 Å². The Balaban J connectivity index is 1.78. The molecule has 4 aromatic rings. The predicted molar refractivity (Wildman–Crippen MR) is 117 cm³/mol. The number of aryl methyl sites for hydroxylation is 1. The lowest BCUT2D eigenvalue weighted by Gasteiger charge is -2.12. The number of pyridine rings is 2. The number of para-hydroxylation sites is 1. The molecule has 0 saturated heterocycles. The fourth-order valence-corrected chi connectivity index (χ4v) is 3.31. The molecule has 2 aromatic carbocycles. The molecule has 2 heterocycles. The molecule has 0 spiro atoms. The summed E-state index contributed by atoms with van der Waals surface area (Å²) in [5.74, 6) is -0.264. The molecular weight excluding hydrogens is 386 g/mol. The van der Waals surface area contributed by atoms with Gasteiger partial charge in [0.15, 0.2) is 0 Å². The third-order valence-corrected chi connectivity index (χ3v) is 4.93. The minimum Gasteiger partial charge on any atom is -0.321 e. The van der Waals surface area contributed by atoms with Gasteiger partial charge in [-0.3, -0.25) is 9.59 Å². The molecule has 4 rings (SSSR count). The number of nitrogens with one attached hydrogen (secondary N) is 1. The van der Waals surface area contributed by atoms with Crippen molar-refractivity contribution in [2.45, 2.75) is 13.5 Å². The minimum absolute atomic E-state index is 0.107. The van der Waals surface area contributed by atoms with Gasteiger partial charge >= 0.3 is 0 Å². The summed E-state index contributed by atoms with van der Waals surface area (Å²) < 4.78 is 1.54. The van der Waals surface area contributed by atoms with Crippen molar-refractivity contribution < 1.29 is 4.79 Å². The zero-order valence-electron chi connectivity index (χ0n) is 15.7. The van der Waals surface area contributed by atoms with Crippen LogP contribution in [0.4, 0.5) is 5.69 Å². The predicted octanol–water partition coefficient (Wildman–Crippen LogP) is 4.99. The van der Waals surface area contributed by atoms with Crippen molar-refractivity contribution in [1.82, 2.24) is 9.55 Å². The van der Waals surface area contributed by atoms with E-state index < -0.39 is 0 Å². The molecule has 2 aromatic heterocycles. The molecule has 0 aliphatic rings. The van der Waals surface area contributed by atoms with Gasteiger partial charge in [0, 0.05) is 34.8 Å². The van der Waals surface area contributed by atoms with E-state index in [2.05, 4.69) is 5.32 Å². The monoisotopic (exact) mass is 403 g/mol. The van der Waals surface area contributed by atoms with Crippen LogP contribution >= 0.6 is 11.6 Å². The number of aromatic nitrogens is 2. The van der Waals surface area contributed by atoms with E-state index in [9.17, 15) is 9.59 Å². The van der Waals surface area contributed by atoms with Crippen LogP contribution in [0.1, 0.15) is 17.3 Å². The molecule has 0 atom stereocenters. The Kier molecular flexibility index (Phi) is 5.14. The third-order valence-electron chi connectivity index (χ3n) is 4.68. The fraction of sp³-hybridized carbons (Fsp3) is 0.0870. The molecule has 0 unspecified atom stereocenters. The Bertz CT molecular complexity index is 1260. The van der Waals surface area contributed by atoms with E-state index in [1.807, 2.05) is 43.3 Å². The van der Waals surface area contributed by atoms with Gasteiger partial charge in [0.1, 0.15) is 0 Å². The number of halogens is 1.